The molecule has 1 N–H and O–H groups in total. The van der Waals surface area contributed by atoms with Gasteiger partial charge in [-0.3, -0.25) is 5.32 Å². The minimum atomic E-state index is -0.630. The number of benzene rings is 3. The van der Waals surface area contributed by atoms with Gasteiger partial charge in [-0.25, -0.2) is 9.59 Å². The molecule has 3 rings (SSSR count). The van der Waals surface area contributed by atoms with E-state index in [-0.39, 0.29) is 13.2 Å². The molecule has 0 saturated heterocycles. The van der Waals surface area contributed by atoms with E-state index in [4.69, 9.17) is 18.9 Å². The number of ether oxygens (including phenoxy) is 4. The van der Waals surface area contributed by atoms with Gasteiger partial charge >= 0.3 is 11.9 Å². The molecule has 3 aromatic carbocycles. The molecule has 0 aliphatic carbocycles. The molecular formula is C30H34NO6. The zero-order valence-electron chi connectivity index (χ0n) is 21.6. The normalized spacial score (nSPS) is 11.0. The first-order valence-electron chi connectivity index (χ1n) is 12.4. The molecule has 0 saturated carbocycles. The van der Waals surface area contributed by atoms with Gasteiger partial charge in [0, 0.05) is 6.54 Å². The maximum absolute atomic E-state index is 11.6. The van der Waals surface area contributed by atoms with E-state index in [0.717, 1.165) is 16.7 Å². The summed E-state index contributed by atoms with van der Waals surface area (Å²) in [6, 6.07) is 25.4. The van der Waals surface area contributed by atoms with Crippen LogP contribution in [-0.2, 0) is 31.1 Å². The Kier molecular flexibility index (Phi) is 10.5. The molecule has 195 valence electrons. The molecule has 0 atom stereocenters. The lowest BCUT2D eigenvalue weighted by atomic mass is 9.80. The van der Waals surface area contributed by atoms with Crippen LogP contribution < -0.4 is 14.8 Å². The third-order valence-electron chi connectivity index (χ3n) is 5.79. The van der Waals surface area contributed by atoms with Gasteiger partial charge in [-0.1, -0.05) is 61.5 Å². The van der Waals surface area contributed by atoms with Crippen molar-refractivity contribution in [2.75, 3.05) is 26.4 Å². The summed E-state index contributed by atoms with van der Waals surface area (Å²) in [7, 11) is 0. The molecule has 3 aromatic rings. The molecule has 0 heterocycles. The van der Waals surface area contributed by atoms with Gasteiger partial charge < -0.3 is 18.9 Å². The monoisotopic (exact) mass is 504 g/mol. The fraction of sp³-hybridized carbons (Fsp3) is 0.300. The van der Waals surface area contributed by atoms with Crippen molar-refractivity contribution in [3.63, 3.8) is 0 Å². The second kappa shape index (κ2) is 14.0. The van der Waals surface area contributed by atoms with E-state index >= 15 is 0 Å². The van der Waals surface area contributed by atoms with Gasteiger partial charge in [0.05, 0.1) is 18.8 Å². The minimum Gasteiger partial charge on any atom is -0.482 e. The highest BCUT2D eigenvalue weighted by Gasteiger charge is 2.32. The van der Waals surface area contributed by atoms with Crippen LogP contribution in [0.5, 0.6) is 11.5 Å². The summed E-state index contributed by atoms with van der Waals surface area (Å²) < 4.78 is 21.0. The molecule has 37 heavy (non-hydrogen) atoms. The Morgan fingerprint density at radius 2 is 1.19 bits per heavy atom. The number of rotatable bonds is 14. The summed E-state index contributed by atoms with van der Waals surface area (Å²) in [5.41, 5.74) is 2.51. The summed E-state index contributed by atoms with van der Waals surface area (Å²) in [4.78, 5) is 23.3. The van der Waals surface area contributed by atoms with E-state index in [9.17, 15) is 9.59 Å². The molecule has 0 unspecified atom stereocenters. The highest BCUT2D eigenvalue weighted by molar-refractivity contribution is 5.71. The Morgan fingerprint density at radius 3 is 1.59 bits per heavy atom. The van der Waals surface area contributed by atoms with E-state index in [1.807, 2.05) is 73.7 Å². The number of hydrogen-bond donors (Lipinski definition) is 1. The molecule has 7 heteroatoms. The Labute approximate surface area is 218 Å². The quantitative estimate of drug-likeness (QED) is 0.315. The molecule has 7 nitrogen and oxygen atoms in total. The lowest BCUT2D eigenvalue weighted by molar-refractivity contribution is -0.146. The fourth-order valence-electron chi connectivity index (χ4n) is 3.96. The maximum Gasteiger partial charge on any atom is 0.344 e. The number of carbonyl (C=O) groups is 2. The predicted molar refractivity (Wildman–Crippen MR) is 141 cm³/mol. The molecule has 0 bridgehead atoms. The van der Waals surface area contributed by atoms with Crippen molar-refractivity contribution in [1.82, 2.24) is 5.32 Å². The standard InChI is InChI=1S/C30H34NO6/c1-4-30(31-20-23-10-8-7-9-11-23,24-12-16-26(17-13-24)36-21-28(32)34-5-2)25-14-18-27(19-15-25)37-22-29(33)35-6-3/h4,7-19,31H,5-6,20-22H2,1-3H3. The van der Waals surface area contributed by atoms with Crippen molar-refractivity contribution in [2.45, 2.75) is 32.9 Å². The predicted octanol–water partition coefficient (Wildman–Crippen LogP) is 4.83. The van der Waals surface area contributed by atoms with Crippen molar-refractivity contribution in [1.29, 1.82) is 0 Å². The Morgan fingerprint density at radius 1 is 0.730 bits per heavy atom. The molecule has 0 aliphatic rings. The molecule has 0 fully saturated rings. The molecular weight excluding hydrogens is 470 g/mol. The van der Waals surface area contributed by atoms with Crippen LogP contribution in [0.4, 0.5) is 0 Å². The smallest absolute Gasteiger partial charge is 0.344 e. The largest absolute Gasteiger partial charge is 0.482 e. The van der Waals surface area contributed by atoms with Gasteiger partial charge in [-0.2, -0.15) is 0 Å². The van der Waals surface area contributed by atoms with Gasteiger partial charge in [-0.05, 0) is 61.2 Å². The number of nitrogens with one attached hydrogen (secondary N) is 1. The molecule has 0 spiro atoms. The third kappa shape index (κ3) is 7.82. The molecule has 0 aliphatic heterocycles. The second-order valence-corrected chi connectivity index (χ2v) is 8.17. The van der Waals surface area contributed by atoms with E-state index < -0.39 is 17.5 Å². The van der Waals surface area contributed by atoms with E-state index in [1.54, 1.807) is 13.8 Å². The maximum atomic E-state index is 11.6. The third-order valence-corrected chi connectivity index (χ3v) is 5.79. The first-order chi connectivity index (χ1) is 18.0. The van der Waals surface area contributed by atoms with Crippen molar-refractivity contribution < 1.29 is 28.5 Å². The summed E-state index contributed by atoms with van der Waals surface area (Å²) in [5, 5.41) is 3.72. The zero-order valence-corrected chi connectivity index (χ0v) is 21.6. The first kappa shape index (κ1) is 27.7. The Bertz CT molecular complexity index is 1050. The van der Waals surface area contributed by atoms with Crippen LogP contribution in [0, 0.1) is 6.42 Å². The number of esters is 2. The van der Waals surface area contributed by atoms with E-state index in [0.29, 0.717) is 31.3 Å². The zero-order chi connectivity index (χ0) is 26.5. The van der Waals surface area contributed by atoms with Crippen LogP contribution in [-0.4, -0.2) is 38.4 Å². The Hall–Kier alpha value is -3.84. The van der Waals surface area contributed by atoms with Gasteiger partial charge in [0.2, 0.25) is 0 Å². The second-order valence-electron chi connectivity index (χ2n) is 8.17. The van der Waals surface area contributed by atoms with Gasteiger partial charge in [0.25, 0.3) is 0 Å². The fourth-order valence-corrected chi connectivity index (χ4v) is 3.96. The molecule has 1 radical (unpaired) electrons. The van der Waals surface area contributed by atoms with Crippen molar-refractivity contribution in [3.8, 4) is 11.5 Å². The van der Waals surface area contributed by atoms with Crippen molar-refractivity contribution in [3.05, 3.63) is 102 Å². The number of carbonyl (C=O) groups excluding carboxylic acids is 2. The van der Waals surface area contributed by atoms with Gasteiger partial charge in [-0.15, -0.1) is 0 Å². The molecule has 0 amide bonds. The van der Waals surface area contributed by atoms with Crippen LogP contribution in [0.15, 0.2) is 78.9 Å². The number of hydrogen-bond acceptors (Lipinski definition) is 7. The topological polar surface area (TPSA) is 83.1 Å². The van der Waals surface area contributed by atoms with Crippen LogP contribution in [0.2, 0.25) is 0 Å². The highest BCUT2D eigenvalue weighted by Crippen LogP contribution is 2.35. The summed E-state index contributed by atoms with van der Waals surface area (Å²) in [6.45, 7) is 6.51. The summed E-state index contributed by atoms with van der Waals surface area (Å²) in [6.07, 6.45) is 2.11. The Balaban J connectivity index is 1.85. The van der Waals surface area contributed by atoms with Crippen LogP contribution in [0.3, 0.4) is 0 Å². The lowest BCUT2D eigenvalue weighted by Crippen LogP contribution is -2.43. The van der Waals surface area contributed by atoms with Crippen molar-refractivity contribution >= 4 is 11.9 Å². The minimum absolute atomic E-state index is 0.141. The first-order valence-corrected chi connectivity index (χ1v) is 12.4. The average Bonchev–Trinajstić information content (AvgIpc) is 2.93. The van der Waals surface area contributed by atoms with Crippen LogP contribution in [0.1, 0.15) is 37.5 Å². The van der Waals surface area contributed by atoms with E-state index in [1.165, 1.54) is 0 Å². The van der Waals surface area contributed by atoms with Gasteiger partial charge in [0.15, 0.2) is 13.2 Å². The molecule has 0 aromatic heterocycles. The van der Waals surface area contributed by atoms with Crippen LogP contribution in [0.25, 0.3) is 0 Å². The SMILES string of the molecule is C[CH]C(NCc1ccccc1)(c1ccc(OCC(=O)OCC)cc1)c1ccc(OCC(=O)OCC)cc1. The van der Waals surface area contributed by atoms with Gasteiger partial charge in [0.1, 0.15) is 11.5 Å². The van der Waals surface area contributed by atoms with E-state index in [2.05, 4.69) is 23.9 Å². The summed E-state index contributed by atoms with van der Waals surface area (Å²) in [5.74, 6) is 0.343. The average molecular weight is 505 g/mol. The van der Waals surface area contributed by atoms with Crippen molar-refractivity contribution in [2.24, 2.45) is 0 Å². The van der Waals surface area contributed by atoms with Crippen LogP contribution >= 0.6 is 0 Å². The summed E-state index contributed by atoms with van der Waals surface area (Å²) >= 11 is 0. The highest BCUT2D eigenvalue weighted by atomic mass is 16.6. The lowest BCUT2D eigenvalue weighted by Gasteiger charge is -2.35.